The van der Waals surface area contributed by atoms with E-state index >= 15 is 0 Å². The molecule has 0 atom stereocenters. The van der Waals surface area contributed by atoms with Crippen molar-refractivity contribution in [1.29, 1.82) is 0 Å². The average molecular weight is 261 g/mol. The Bertz CT molecular complexity index is 599. The molecule has 0 aliphatic carbocycles. The molecule has 0 spiro atoms. The summed E-state index contributed by atoms with van der Waals surface area (Å²) < 4.78 is 6.15. The number of hydrogen-bond acceptors (Lipinski definition) is 2. The highest BCUT2D eigenvalue weighted by Gasteiger charge is 2.15. The first-order chi connectivity index (χ1) is 9.93. The highest BCUT2D eigenvalue weighted by atomic mass is 16.5. The lowest BCUT2D eigenvalue weighted by atomic mass is 10.0. The van der Waals surface area contributed by atoms with Gasteiger partial charge in [0, 0.05) is 12.4 Å². The van der Waals surface area contributed by atoms with E-state index in [4.69, 9.17) is 4.74 Å². The molecular formula is C18H15NO. The van der Waals surface area contributed by atoms with Crippen LogP contribution in [0.15, 0.2) is 85.2 Å². The molecular weight excluding hydrogens is 246 g/mol. The predicted molar refractivity (Wildman–Crippen MR) is 79.6 cm³/mol. The molecule has 0 aliphatic rings. The van der Waals surface area contributed by atoms with Crippen molar-refractivity contribution in [2.24, 2.45) is 0 Å². The molecule has 0 bridgehead atoms. The molecule has 20 heavy (non-hydrogen) atoms. The number of hydrogen-bond donors (Lipinski definition) is 0. The molecule has 0 unspecified atom stereocenters. The van der Waals surface area contributed by atoms with Crippen molar-refractivity contribution in [1.82, 2.24) is 4.98 Å². The Morgan fingerprint density at radius 2 is 1.15 bits per heavy atom. The van der Waals surface area contributed by atoms with Gasteiger partial charge in [-0.25, -0.2) is 0 Å². The number of pyridine rings is 1. The highest BCUT2D eigenvalue weighted by molar-refractivity contribution is 5.32. The summed E-state index contributed by atoms with van der Waals surface area (Å²) in [4.78, 5) is 4.02. The molecule has 3 aromatic rings. The van der Waals surface area contributed by atoms with Gasteiger partial charge >= 0.3 is 0 Å². The maximum Gasteiger partial charge on any atom is 0.149 e. The van der Waals surface area contributed by atoms with Gasteiger partial charge in [-0.1, -0.05) is 60.7 Å². The van der Waals surface area contributed by atoms with Gasteiger partial charge in [-0.15, -0.1) is 0 Å². The van der Waals surface area contributed by atoms with Gasteiger partial charge in [0.15, 0.2) is 0 Å². The maximum absolute atomic E-state index is 6.15. The van der Waals surface area contributed by atoms with Crippen molar-refractivity contribution in [3.8, 4) is 5.75 Å². The third-order valence-electron chi connectivity index (χ3n) is 3.11. The molecule has 3 rings (SSSR count). The van der Waals surface area contributed by atoms with E-state index in [-0.39, 0.29) is 6.10 Å². The fourth-order valence-electron chi connectivity index (χ4n) is 2.14. The van der Waals surface area contributed by atoms with Gasteiger partial charge in [0.2, 0.25) is 0 Å². The van der Waals surface area contributed by atoms with Crippen LogP contribution in [0.1, 0.15) is 17.2 Å². The third kappa shape index (κ3) is 2.86. The van der Waals surface area contributed by atoms with Gasteiger partial charge < -0.3 is 4.74 Å². The smallest absolute Gasteiger partial charge is 0.149 e. The number of ether oxygens (including phenoxy) is 1. The Hall–Kier alpha value is -2.61. The summed E-state index contributed by atoms with van der Waals surface area (Å²) in [5.41, 5.74) is 2.27. The van der Waals surface area contributed by atoms with Crippen molar-refractivity contribution in [3.63, 3.8) is 0 Å². The molecule has 0 aliphatic heterocycles. The molecule has 0 N–H and O–H groups in total. The third-order valence-corrected chi connectivity index (χ3v) is 3.11. The Balaban J connectivity index is 1.96. The van der Waals surface area contributed by atoms with E-state index in [1.165, 1.54) is 0 Å². The fraction of sp³-hybridized carbons (Fsp3) is 0.0556. The van der Waals surface area contributed by atoms with Crippen LogP contribution in [0.5, 0.6) is 5.75 Å². The first-order valence-corrected chi connectivity index (χ1v) is 6.60. The standard InChI is InChI=1S/C18H15NO/c1-3-7-15(8-4-1)18(16-9-5-2-6-10-16)20-17-11-13-19-14-12-17/h1-14,18H. The van der Waals surface area contributed by atoms with E-state index in [1.807, 2.05) is 48.5 Å². The van der Waals surface area contributed by atoms with E-state index in [0.29, 0.717) is 0 Å². The molecule has 1 heterocycles. The molecule has 0 saturated heterocycles. The lowest BCUT2D eigenvalue weighted by Crippen LogP contribution is -2.09. The van der Waals surface area contributed by atoms with E-state index in [9.17, 15) is 0 Å². The minimum Gasteiger partial charge on any atom is -0.481 e. The van der Waals surface area contributed by atoms with Crippen molar-refractivity contribution in [2.75, 3.05) is 0 Å². The minimum absolute atomic E-state index is 0.111. The summed E-state index contributed by atoms with van der Waals surface area (Å²) in [6.45, 7) is 0. The van der Waals surface area contributed by atoms with Crippen LogP contribution < -0.4 is 4.74 Å². The maximum atomic E-state index is 6.15. The quantitative estimate of drug-likeness (QED) is 0.700. The Morgan fingerprint density at radius 1 is 0.650 bits per heavy atom. The summed E-state index contributed by atoms with van der Waals surface area (Å²) in [5.74, 6) is 0.817. The van der Waals surface area contributed by atoms with Gasteiger partial charge in [-0.2, -0.15) is 0 Å². The fourth-order valence-corrected chi connectivity index (χ4v) is 2.14. The van der Waals surface area contributed by atoms with Crippen LogP contribution in [-0.4, -0.2) is 4.98 Å². The van der Waals surface area contributed by atoms with Gasteiger partial charge in [-0.05, 0) is 23.3 Å². The summed E-state index contributed by atoms with van der Waals surface area (Å²) >= 11 is 0. The second-order valence-electron chi connectivity index (χ2n) is 4.50. The van der Waals surface area contributed by atoms with E-state index in [0.717, 1.165) is 16.9 Å². The van der Waals surface area contributed by atoms with Gasteiger partial charge in [0.05, 0.1) is 0 Å². The first kappa shape index (κ1) is 12.4. The molecule has 0 radical (unpaired) electrons. The van der Waals surface area contributed by atoms with Crippen molar-refractivity contribution >= 4 is 0 Å². The van der Waals surface area contributed by atoms with Gasteiger partial charge in [-0.3, -0.25) is 4.98 Å². The summed E-state index contributed by atoms with van der Waals surface area (Å²) in [6.07, 6.45) is 3.37. The first-order valence-electron chi connectivity index (χ1n) is 6.60. The largest absolute Gasteiger partial charge is 0.481 e. The molecule has 2 aromatic carbocycles. The Kier molecular flexibility index (Phi) is 3.74. The summed E-state index contributed by atoms with van der Waals surface area (Å²) in [7, 11) is 0. The second kappa shape index (κ2) is 6.02. The Morgan fingerprint density at radius 3 is 1.65 bits per heavy atom. The lowest BCUT2D eigenvalue weighted by Gasteiger charge is -2.20. The number of benzene rings is 2. The van der Waals surface area contributed by atoms with Crippen LogP contribution in [0.25, 0.3) is 0 Å². The average Bonchev–Trinajstić information content (AvgIpc) is 2.55. The van der Waals surface area contributed by atoms with Crippen LogP contribution in [0.4, 0.5) is 0 Å². The molecule has 2 heteroatoms. The minimum atomic E-state index is -0.111. The zero-order valence-electron chi connectivity index (χ0n) is 11.0. The molecule has 2 nitrogen and oxygen atoms in total. The zero-order chi connectivity index (χ0) is 13.6. The van der Waals surface area contributed by atoms with Crippen molar-refractivity contribution in [2.45, 2.75) is 6.10 Å². The van der Waals surface area contributed by atoms with Crippen LogP contribution in [0, 0.1) is 0 Å². The van der Waals surface area contributed by atoms with Crippen LogP contribution in [0.3, 0.4) is 0 Å². The number of aromatic nitrogens is 1. The van der Waals surface area contributed by atoms with Gasteiger partial charge in [0.25, 0.3) is 0 Å². The second-order valence-corrected chi connectivity index (χ2v) is 4.50. The van der Waals surface area contributed by atoms with Crippen LogP contribution >= 0.6 is 0 Å². The normalized spacial score (nSPS) is 10.4. The molecule has 0 amide bonds. The SMILES string of the molecule is c1ccc(C(Oc2ccncc2)c2ccccc2)cc1. The van der Waals surface area contributed by atoms with Crippen LogP contribution in [0.2, 0.25) is 0 Å². The highest BCUT2D eigenvalue weighted by Crippen LogP contribution is 2.27. The number of nitrogens with zero attached hydrogens (tertiary/aromatic N) is 1. The monoisotopic (exact) mass is 261 g/mol. The van der Waals surface area contributed by atoms with E-state index in [2.05, 4.69) is 29.2 Å². The molecule has 0 saturated carbocycles. The van der Waals surface area contributed by atoms with E-state index in [1.54, 1.807) is 12.4 Å². The van der Waals surface area contributed by atoms with E-state index < -0.39 is 0 Å². The molecule has 0 fully saturated rings. The molecule has 1 aromatic heterocycles. The zero-order valence-corrected chi connectivity index (χ0v) is 11.0. The number of rotatable bonds is 4. The molecule has 98 valence electrons. The lowest BCUT2D eigenvalue weighted by molar-refractivity contribution is 0.247. The Labute approximate surface area is 118 Å². The summed E-state index contributed by atoms with van der Waals surface area (Å²) in [5, 5.41) is 0. The topological polar surface area (TPSA) is 22.1 Å². The summed E-state index contributed by atoms with van der Waals surface area (Å²) in [6, 6.07) is 24.2. The van der Waals surface area contributed by atoms with Gasteiger partial charge in [0.1, 0.15) is 11.9 Å². The van der Waals surface area contributed by atoms with Crippen molar-refractivity contribution < 1.29 is 4.74 Å². The predicted octanol–water partition coefficient (Wildman–Crippen LogP) is 4.25. The van der Waals surface area contributed by atoms with Crippen LogP contribution in [-0.2, 0) is 0 Å². The van der Waals surface area contributed by atoms with Crippen molar-refractivity contribution in [3.05, 3.63) is 96.3 Å².